The van der Waals surface area contributed by atoms with Crippen LogP contribution in [0.25, 0.3) is 0 Å². The maximum Gasteiger partial charge on any atom is 0.504 e. The Morgan fingerprint density at radius 1 is 1.21 bits per heavy atom. The molecule has 1 aromatic carbocycles. The van der Waals surface area contributed by atoms with E-state index in [0.29, 0.717) is 6.04 Å². The smallest absolute Gasteiger partial charge is 0.377 e. The number of hydrogen-bond donors (Lipinski definition) is 0. The summed E-state index contributed by atoms with van der Waals surface area (Å²) in [6, 6.07) is 11.4. The highest BCUT2D eigenvalue weighted by molar-refractivity contribution is 6.60. The quantitative estimate of drug-likeness (QED) is 0.690. The Morgan fingerprint density at radius 3 is 2.29 bits per heavy atom. The summed E-state index contributed by atoms with van der Waals surface area (Å²) in [5.41, 5.74) is 1.12. The first-order valence-corrected chi connectivity index (χ1v) is 6.30. The Morgan fingerprint density at radius 2 is 1.86 bits per heavy atom. The van der Waals surface area contributed by atoms with Gasteiger partial charge in [0.2, 0.25) is 0 Å². The zero-order valence-electron chi connectivity index (χ0n) is 8.74. The van der Waals surface area contributed by atoms with Crippen LogP contribution in [0.2, 0.25) is 0 Å². The fourth-order valence-electron chi connectivity index (χ4n) is 1.26. The van der Waals surface area contributed by atoms with Gasteiger partial charge in [0.1, 0.15) is 0 Å². The zero-order valence-corrected chi connectivity index (χ0v) is 9.74. The molecular weight excluding hydrogens is 196 g/mol. The van der Waals surface area contributed by atoms with Gasteiger partial charge in [-0.3, -0.25) is 0 Å². The fourth-order valence-corrected chi connectivity index (χ4v) is 2.91. The Bertz CT molecular complexity index is 251. The highest BCUT2D eigenvalue weighted by atomic mass is 28.4. The number of benzene rings is 1. The van der Waals surface area contributed by atoms with Crippen LogP contribution in [-0.2, 0) is 19.3 Å². The second-order valence-corrected chi connectivity index (χ2v) is 5.83. The standard InChI is InChI=1S/C10H15O3Si/c1-11-14(12-2,13-3)9-10-7-5-4-6-8-10/h4-5,7-8H,9H2,1-3H3. The molecule has 1 radical (unpaired) electrons. The van der Waals surface area contributed by atoms with E-state index in [4.69, 9.17) is 13.3 Å². The molecule has 0 amide bonds. The van der Waals surface area contributed by atoms with Crippen molar-refractivity contribution in [2.24, 2.45) is 0 Å². The minimum absolute atomic E-state index is 0.674. The van der Waals surface area contributed by atoms with Gasteiger partial charge >= 0.3 is 8.80 Å². The van der Waals surface area contributed by atoms with Crippen LogP contribution in [0.1, 0.15) is 5.56 Å². The van der Waals surface area contributed by atoms with Crippen molar-refractivity contribution in [3.05, 3.63) is 35.9 Å². The molecule has 0 aromatic heterocycles. The van der Waals surface area contributed by atoms with Crippen LogP contribution in [-0.4, -0.2) is 30.1 Å². The third-order valence-electron chi connectivity index (χ3n) is 2.13. The lowest BCUT2D eigenvalue weighted by molar-refractivity contribution is 0.122. The van der Waals surface area contributed by atoms with Gasteiger partial charge in [0.05, 0.1) is 0 Å². The van der Waals surface area contributed by atoms with E-state index in [9.17, 15) is 0 Å². The third-order valence-corrected chi connectivity index (χ3v) is 4.83. The average Bonchev–Trinajstić information content (AvgIpc) is 2.28. The molecule has 0 heterocycles. The van der Waals surface area contributed by atoms with Gasteiger partial charge in [-0.25, -0.2) is 0 Å². The lowest BCUT2D eigenvalue weighted by atomic mass is 10.2. The molecule has 0 N–H and O–H groups in total. The molecular formula is C10H15O3Si. The Kier molecular flexibility index (Phi) is 4.28. The molecule has 0 atom stereocenters. The Labute approximate surface area is 86.0 Å². The van der Waals surface area contributed by atoms with E-state index in [0.717, 1.165) is 5.56 Å². The van der Waals surface area contributed by atoms with Crippen molar-refractivity contribution in [1.29, 1.82) is 0 Å². The highest BCUT2D eigenvalue weighted by Crippen LogP contribution is 2.13. The summed E-state index contributed by atoms with van der Waals surface area (Å²) in [4.78, 5) is 0. The van der Waals surface area contributed by atoms with Crippen LogP contribution in [0.15, 0.2) is 24.3 Å². The van der Waals surface area contributed by atoms with E-state index in [1.165, 1.54) is 0 Å². The van der Waals surface area contributed by atoms with E-state index in [-0.39, 0.29) is 0 Å². The van der Waals surface area contributed by atoms with E-state index in [2.05, 4.69) is 6.07 Å². The molecule has 1 aromatic rings. The SMILES string of the molecule is CO[Si](Cc1c[c]ccc1)(OC)OC. The molecule has 0 unspecified atom stereocenters. The van der Waals surface area contributed by atoms with Crippen LogP contribution >= 0.6 is 0 Å². The Hall–Kier alpha value is -0.683. The molecule has 0 spiro atoms. The lowest BCUT2D eigenvalue weighted by Gasteiger charge is -2.24. The van der Waals surface area contributed by atoms with Gasteiger partial charge in [-0.05, 0) is 11.6 Å². The molecule has 14 heavy (non-hydrogen) atoms. The molecule has 1 rings (SSSR count). The first kappa shape index (κ1) is 11.4. The Balaban J connectivity index is 2.74. The summed E-state index contributed by atoms with van der Waals surface area (Å²) in [5, 5.41) is 0. The molecule has 0 bridgehead atoms. The summed E-state index contributed by atoms with van der Waals surface area (Å²) >= 11 is 0. The number of rotatable bonds is 5. The van der Waals surface area contributed by atoms with Crippen LogP contribution in [0.3, 0.4) is 0 Å². The van der Waals surface area contributed by atoms with Crippen LogP contribution in [0.4, 0.5) is 0 Å². The highest BCUT2D eigenvalue weighted by Gasteiger charge is 2.37. The molecule has 0 saturated carbocycles. The molecule has 0 aliphatic heterocycles. The van der Waals surface area contributed by atoms with Gasteiger partial charge in [0.15, 0.2) is 0 Å². The van der Waals surface area contributed by atoms with Crippen molar-refractivity contribution in [2.75, 3.05) is 21.3 Å². The first-order chi connectivity index (χ1) is 6.76. The summed E-state index contributed by atoms with van der Waals surface area (Å²) < 4.78 is 16.0. The molecule has 0 saturated heterocycles. The van der Waals surface area contributed by atoms with Crippen molar-refractivity contribution in [3.63, 3.8) is 0 Å². The lowest BCUT2D eigenvalue weighted by Crippen LogP contribution is -2.45. The average molecular weight is 211 g/mol. The van der Waals surface area contributed by atoms with Crippen LogP contribution < -0.4 is 0 Å². The van der Waals surface area contributed by atoms with Crippen LogP contribution in [0.5, 0.6) is 0 Å². The normalized spacial score (nSPS) is 11.6. The topological polar surface area (TPSA) is 27.7 Å². The monoisotopic (exact) mass is 211 g/mol. The van der Waals surface area contributed by atoms with Gasteiger partial charge in [-0.2, -0.15) is 0 Å². The second-order valence-electron chi connectivity index (χ2n) is 2.88. The van der Waals surface area contributed by atoms with Gasteiger partial charge < -0.3 is 13.3 Å². The van der Waals surface area contributed by atoms with Crippen LogP contribution in [0, 0.1) is 6.07 Å². The van der Waals surface area contributed by atoms with Crippen molar-refractivity contribution in [3.8, 4) is 0 Å². The van der Waals surface area contributed by atoms with Crippen molar-refractivity contribution in [1.82, 2.24) is 0 Å². The van der Waals surface area contributed by atoms with E-state index in [1.807, 2.05) is 24.3 Å². The van der Waals surface area contributed by atoms with Gasteiger partial charge in [0.25, 0.3) is 0 Å². The van der Waals surface area contributed by atoms with Crippen molar-refractivity contribution < 1.29 is 13.3 Å². The van der Waals surface area contributed by atoms with E-state index < -0.39 is 8.80 Å². The second kappa shape index (κ2) is 5.26. The maximum absolute atomic E-state index is 5.32. The summed E-state index contributed by atoms with van der Waals surface area (Å²) in [6.07, 6.45) is 0. The third kappa shape index (κ3) is 2.65. The fraction of sp³-hybridized carbons (Fsp3) is 0.400. The molecule has 77 valence electrons. The van der Waals surface area contributed by atoms with Gasteiger partial charge in [0, 0.05) is 27.4 Å². The zero-order chi connectivity index (χ0) is 10.4. The van der Waals surface area contributed by atoms with E-state index in [1.54, 1.807) is 21.3 Å². The predicted octanol–water partition coefficient (Wildman–Crippen LogP) is 1.45. The summed E-state index contributed by atoms with van der Waals surface area (Å²) in [6.45, 7) is 0. The summed E-state index contributed by atoms with van der Waals surface area (Å²) in [7, 11) is 2.37. The maximum atomic E-state index is 5.32. The van der Waals surface area contributed by atoms with Gasteiger partial charge in [-0.15, -0.1) is 0 Å². The minimum Gasteiger partial charge on any atom is -0.377 e. The first-order valence-electron chi connectivity index (χ1n) is 4.37. The van der Waals surface area contributed by atoms with Crippen molar-refractivity contribution >= 4 is 8.80 Å². The molecule has 0 aliphatic rings. The molecule has 4 heteroatoms. The van der Waals surface area contributed by atoms with Gasteiger partial charge in [-0.1, -0.05) is 24.3 Å². The summed E-state index contributed by atoms with van der Waals surface area (Å²) in [5.74, 6) is 0. The molecule has 0 aliphatic carbocycles. The number of hydrogen-bond acceptors (Lipinski definition) is 3. The van der Waals surface area contributed by atoms with E-state index >= 15 is 0 Å². The largest absolute Gasteiger partial charge is 0.504 e. The minimum atomic E-state index is -2.48. The van der Waals surface area contributed by atoms with Crippen molar-refractivity contribution in [2.45, 2.75) is 6.04 Å². The molecule has 0 fully saturated rings. The molecule has 3 nitrogen and oxygen atoms in total. The predicted molar refractivity (Wildman–Crippen MR) is 55.8 cm³/mol.